The van der Waals surface area contributed by atoms with E-state index in [0.717, 1.165) is 25.0 Å². The van der Waals surface area contributed by atoms with Crippen molar-refractivity contribution in [3.05, 3.63) is 29.3 Å². The van der Waals surface area contributed by atoms with Crippen LogP contribution in [0.1, 0.15) is 30.1 Å². The lowest BCUT2D eigenvalue weighted by Crippen LogP contribution is -2.46. The van der Waals surface area contributed by atoms with Crippen LogP contribution in [0.3, 0.4) is 0 Å². The number of carbonyl (C=O) groups excluding carboxylic acids is 2. The van der Waals surface area contributed by atoms with Crippen LogP contribution in [0.4, 0.5) is 14.5 Å². The first-order valence-electron chi connectivity index (χ1n) is 6.74. The normalized spacial score (nSPS) is 15.9. The van der Waals surface area contributed by atoms with E-state index in [0.29, 0.717) is 13.1 Å². The standard InChI is InChI=1S/C14H17F2N3O2/c1-8(14(21)19-4-2-3-5-19)18-13(20)9-6-10(15)11(16)7-12(9)17/h6-8H,2-5,17H2,1H3,(H,18,20). The molecule has 0 aromatic heterocycles. The Morgan fingerprint density at radius 3 is 2.43 bits per heavy atom. The van der Waals surface area contributed by atoms with Crippen LogP contribution in [0.15, 0.2) is 12.1 Å². The first-order valence-corrected chi connectivity index (χ1v) is 6.74. The summed E-state index contributed by atoms with van der Waals surface area (Å²) in [6.07, 6.45) is 1.89. The molecule has 0 aliphatic carbocycles. The van der Waals surface area contributed by atoms with Crippen molar-refractivity contribution in [3.8, 4) is 0 Å². The highest BCUT2D eigenvalue weighted by Crippen LogP contribution is 2.17. The minimum Gasteiger partial charge on any atom is -0.398 e. The summed E-state index contributed by atoms with van der Waals surface area (Å²) < 4.78 is 26.1. The minimum atomic E-state index is -1.16. The molecule has 2 rings (SSSR count). The molecule has 1 aliphatic heterocycles. The van der Waals surface area contributed by atoms with E-state index in [1.54, 1.807) is 11.8 Å². The van der Waals surface area contributed by atoms with Crippen molar-refractivity contribution in [1.29, 1.82) is 0 Å². The first-order chi connectivity index (χ1) is 9.90. The molecule has 1 fully saturated rings. The van der Waals surface area contributed by atoms with Gasteiger partial charge in [-0.1, -0.05) is 0 Å². The highest BCUT2D eigenvalue weighted by molar-refractivity contribution is 6.01. The van der Waals surface area contributed by atoms with E-state index >= 15 is 0 Å². The van der Waals surface area contributed by atoms with Gasteiger partial charge >= 0.3 is 0 Å². The van der Waals surface area contributed by atoms with Crippen LogP contribution in [0.2, 0.25) is 0 Å². The number of benzene rings is 1. The summed E-state index contributed by atoms with van der Waals surface area (Å²) in [5.74, 6) is -3.17. The average molecular weight is 297 g/mol. The van der Waals surface area contributed by atoms with Crippen LogP contribution < -0.4 is 11.1 Å². The molecular formula is C14H17F2N3O2. The summed E-state index contributed by atoms with van der Waals surface area (Å²) >= 11 is 0. The fourth-order valence-electron chi connectivity index (χ4n) is 2.31. The van der Waals surface area contributed by atoms with Gasteiger partial charge < -0.3 is 16.0 Å². The van der Waals surface area contributed by atoms with E-state index in [1.165, 1.54) is 0 Å². The Morgan fingerprint density at radius 2 is 1.81 bits per heavy atom. The SMILES string of the molecule is CC(NC(=O)c1cc(F)c(F)cc1N)C(=O)N1CCCC1. The molecule has 7 heteroatoms. The van der Waals surface area contributed by atoms with Crippen LogP contribution in [0, 0.1) is 11.6 Å². The number of anilines is 1. The van der Waals surface area contributed by atoms with Crippen molar-refractivity contribution in [2.24, 2.45) is 0 Å². The summed E-state index contributed by atoms with van der Waals surface area (Å²) in [7, 11) is 0. The van der Waals surface area contributed by atoms with Crippen LogP contribution >= 0.6 is 0 Å². The lowest BCUT2D eigenvalue weighted by molar-refractivity contribution is -0.131. The molecule has 3 N–H and O–H groups in total. The van der Waals surface area contributed by atoms with Gasteiger partial charge in [0.15, 0.2) is 11.6 Å². The maximum absolute atomic E-state index is 13.2. The Balaban J connectivity index is 2.07. The first kappa shape index (κ1) is 15.2. The number of halogens is 2. The smallest absolute Gasteiger partial charge is 0.254 e. The zero-order chi connectivity index (χ0) is 15.6. The number of likely N-dealkylation sites (tertiary alicyclic amines) is 1. The molecule has 0 saturated carbocycles. The maximum Gasteiger partial charge on any atom is 0.254 e. The van der Waals surface area contributed by atoms with E-state index < -0.39 is 23.6 Å². The number of rotatable bonds is 3. The third kappa shape index (κ3) is 3.29. The number of hydrogen-bond donors (Lipinski definition) is 2. The van der Waals surface area contributed by atoms with E-state index in [9.17, 15) is 18.4 Å². The van der Waals surface area contributed by atoms with E-state index in [1.807, 2.05) is 0 Å². The third-order valence-electron chi connectivity index (χ3n) is 3.47. The van der Waals surface area contributed by atoms with E-state index in [2.05, 4.69) is 5.32 Å². The number of nitrogens with two attached hydrogens (primary N) is 1. The summed E-state index contributed by atoms with van der Waals surface area (Å²) in [4.78, 5) is 25.7. The molecule has 0 radical (unpaired) electrons. The molecule has 1 aliphatic rings. The van der Waals surface area contributed by atoms with Gasteiger partial charge in [-0.2, -0.15) is 0 Å². The number of carbonyl (C=O) groups is 2. The number of nitrogens with zero attached hydrogens (tertiary/aromatic N) is 1. The topological polar surface area (TPSA) is 75.4 Å². The largest absolute Gasteiger partial charge is 0.398 e. The Hall–Kier alpha value is -2.18. The highest BCUT2D eigenvalue weighted by Gasteiger charge is 2.25. The highest BCUT2D eigenvalue weighted by atomic mass is 19.2. The number of nitrogens with one attached hydrogen (secondary N) is 1. The maximum atomic E-state index is 13.2. The van der Waals surface area contributed by atoms with Crippen molar-refractivity contribution >= 4 is 17.5 Å². The minimum absolute atomic E-state index is 0.174. The second kappa shape index (κ2) is 6.07. The van der Waals surface area contributed by atoms with Gasteiger partial charge in [0.2, 0.25) is 5.91 Å². The zero-order valence-electron chi connectivity index (χ0n) is 11.7. The summed E-state index contributed by atoms with van der Waals surface area (Å²) in [6, 6.07) is 0.729. The Labute approximate surface area is 121 Å². The molecule has 1 saturated heterocycles. The van der Waals surface area contributed by atoms with Gasteiger partial charge in [0.1, 0.15) is 6.04 Å². The van der Waals surface area contributed by atoms with Gasteiger partial charge in [-0.05, 0) is 25.8 Å². The van der Waals surface area contributed by atoms with Crippen LogP contribution in [0.5, 0.6) is 0 Å². The quantitative estimate of drug-likeness (QED) is 0.825. The molecular weight excluding hydrogens is 280 g/mol. The average Bonchev–Trinajstić information content (AvgIpc) is 2.95. The Morgan fingerprint density at radius 1 is 1.24 bits per heavy atom. The number of hydrogen-bond acceptors (Lipinski definition) is 3. The lowest BCUT2D eigenvalue weighted by atomic mass is 10.1. The molecule has 1 aromatic rings. The van der Waals surface area contributed by atoms with Gasteiger partial charge in [0.05, 0.1) is 5.56 Å². The van der Waals surface area contributed by atoms with Crippen molar-refractivity contribution in [2.45, 2.75) is 25.8 Å². The number of nitrogen functional groups attached to an aromatic ring is 1. The Kier molecular flexibility index (Phi) is 4.40. The molecule has 0 spiro atoms. The predicted octanol–water partition coefficient (Wildman–Crippen LogP) is 1.29. The molecule has 1 aromatic carbocycles. The molecule has 1 unspecified atom stereocenters. The van der Waals surface area contributed by atoms with Crippen molar-refractivity contribution in [1.82, 2.24) is 10.2 Å². The molecule has 1 atom stereocenters. The summed E-state index contributed by atoms with van der Waals surface area (Å²) in [6.45, 7) is 2.90. The van der Waals surface area contributed by atoms with Crippen LogP contribution in [0.25, 0.3) is 0 Å². The van der Waals surface area contributed by atoms with Crippen LogP contribution in [-0.4, -0.2) is 35.8 Å². The second-order valence-electron chi connectivity index (χ2n) is 5.08. The van der Waals surface area contributed by atoms with Crippen molar-refractivity contribution < 1.29 is 18.4 Å². The van der Waals surface area contributed by atoms with Gasteiger partial charge in [-0.25, -0.2) is 8.78 Å². The second-order valence-corrected chi connectivity index (χ2v) is 5.08. The molecule has 114 valence electrons. The van der Waals surface area contributed by atoms with Gasteiger partial charge in [0.25, 0.3) is 5.91 Å². The molecule has 21 heavy (non-hydrogen) atoms. The molecule has 2 amide bonds. The van der Waals surface area contributed by atoms with Gasteiger partial charge in [-0.15, -0.1) is 0 Å². The fraction of sp³-hybridized carbons (Fsp3) is 0.429. The Bertz CT molecular complexity index is 572. The third-order valence-corrected chi connectivity index (χ3v) is 3.47. The fourth-order valence-corrected chi connectivity index (χ4v) is 2.31. The van der Waals surface area contributed by atoms with Crippen molar-refractivity contribution in [3.63, 3.8) is 0 Å². The predicted molar refractivity (Wildman–Crippen MR) is 73.5 cm³/mol. The monoisotopic (exact) mass is 297 g/mol. The number of amides is 2. The van der Waals surface area contributed by atoms with E-state index in [-0.39, 0.29) is 17.2 Å². The lowest BCUT2D eigenvalue weighted by Gasteiger charge is -2.21. The van der Waals surface area contributed by atoms with Gasteiger partial charge in [0, 0.05) is 24.8 Å². The molecule has 5 nitrogen and oxygen atoms in total. The van der Waals surface area contributed by atoms with Gasteiger partial charge in [-0.3, -0.25) is 9.59 Å². The zero-order valence-corrected chi connectivity index (χ0v) is 11.7. The molecule has 1 heterocycles. The summed E-state index contributed by atoms with van der Waals surface area (Å²) in [5.41, 5.74) is 5.14. The van der Waals surface area contributed by atoms with Crippen LogP contribution in [-0.2, 0) is 4.79 Å². The summed E-state index contributed by atoms with van der Waals surface area (Å²) in [5, 5.41) is 2.46. The molecule has 0 bridgehead atoms. The van der Waals surface area contributed by atoms with Crippen molar-refractivity contribution in [2.75, 3.05) is 18.8 Å². The van der Waals surface area contributed by atoms with E-state index in [4.69, 9.17) is 5.73 Å².